The number of hydrogen-bond donors (Lipinski definition) is 0. The maximum Gasteiger partial charge on any atom is 0.338 e. The fourth-order valence-corrected chi connectivity index (χ4v) is 3.22. The Bertz CT molecular complexity index is 1170. The zero-order valence-corrected chi connectivity index (χ0v) is 17.0. The molecule has 0 unspecified atom stereocenters. The molecule has 0 atom stereocenters. The van der Waals surface area contributed by atoms with Gasteiger partial charge in [-0.1, -0.05) is 44.2 Å². The van der Waals surface area contributed by atoms with Crippen LogP contribution in [0.2, 0.25) is 0 Å². The van der Waals surface area contributed by atoms with Crippen LogP contribution in [0.1, 0.15) is 52.9 Å². The quantitative estimate of drug-likeness (QED) is 0.430. The number of hydrogen-bond acceptors (Lipinski definition) is 7. The fraction of sp³-hybridized carbons (Fsp3) is 0.261. The predicted molar refractivity (Wildman–Crippen MR) is 111 cm³/mol. The van der Waals surface area contributed by atoms with Gasteiger partial charge in [-0.2, -0.15) is 0 Å². The summed E-state index contributed by atoms with van der Waals surface area (Å²) in [6.07, 6.45) is 2.15. The van der Waals surface area contributed by atoms with E-state index in [0.29, 0.717) is 23.4 Å². The molecule has 0 saturated carbocycles. The Labute approximate surface area is 174 Å². The number of fused-ring (bicyclic) bond motifs is 1. The Morgan fingerprint density at radius 2 is 1.60 bits per heavy atom. The van der Waals surface area contributed by atoms with E-state index < -0.39 is 5.97 Å². The highest BCUT2D eigenvalue weighted by Crippen LogP contribution is 2.17. The molecule has 152 valence electrons. The molecule has 0 radical (unpaired) electrons. The summed E-state index contributed by atoms with van der Waals surface area (Å²) in [4.78, 5) is 21.8. The molecule has 0 aliphatic carbocycles. The molecule has 0 amide bonds. The highest BCUT2D eigenvalue weighted by molar-refractivity contribution is 5.93. The molecule has 0 spiro atoms. The lowest BCUT2D eigenvalue weighted by molar-refractivity contribution is 0.0436. The molecule has 0 saturated heterocycles. The number of carbonyl (C=O) groups excluding carboxylic acids is 1. The molecule has 30 heavy (non-hydrogen) atoms. The van der Waals surface area contributed by atoms with E-state index in [9.17, 15) is 4.79 Å². The van der Waals surface area contributed by atoms with Crippen LogP contribution in [0.15, 0.2) is 52.9 Å². The molecule has 4 rings (SSSR count). The Hall–Kier alpha value is -3.61. The standard InChI is InChI=1S/C23H22N4O3/c1-3-17-18(4-2)25-20-13-16(10-11-19(20)24-17)23(28)29-14-22-27-26-21(30-22)12-15-8-6-5-7-9-15/h5-11,13H,3-4,12,14H2,1-2H3. The normalized spacial score (nSPS) is 11.0. The molecule has 2 heterocycles. The van der Waals surface area contributed by atoms with Crippen molar-refractivity contribution in [3.05, 3.63) is 82.8 Å². The predicted octanol–water partition coefficient (Wildman–Crippen LogP) is 4.09. The van der Waals surface area contributed by atoms with Gasteiger partial charge >= 0.3 is 5.97 Å². The number of rotatable bonds is 7. The lowest BCUT2D eigenvalue weighted by Crippen LogP contribution is -2.06. The van der Waals surface area contributed by atoms with E-state index in [2.05, 4.69) is 27.1 Å². The Morgan fingerprint density at radius 3 is 2.33 bits per heavy atom. The van der Waals surface area contributed by atoms with Crippen LogP contribution in [0, 0.1) is 0 Å². The summed E-state index contributed by atoms with van der Waals surface area (Å²) in [5, 5.41) is 7.97. The van der Waals surface area contributed by atoms with Gasteiger partial charge in [-0.15, -0.1) is 10.2 Å². The van der Waals surface area contributed by atoms with Crippen molar-refractivity contribution in [1.29, 1.82) is 0 Å². The van der Waals surface area contributed by atoms with Crippen LogP contribution in [0.25, 0.3) is 11.0 Å². The Balaban J connectivity index is 1.43. The molecule has 0 N–H and O–H groups in total. The van der Waals surface area contributed by atoms with Crippen molar-refractivity contribution in [2.24, 2.45) is 0 Å². The summed E-state index contributed by atoms with van der Waals surface area (Å²) in [5.74, 6) is 0.266. The number of carbonyl (C=O) groups is 1. The van der Waals surface area contributed by atoms with Crippen LogP contribution < -0.4 is 0 Å². The van der Waals surface area contributed by atoms with Crippen LogP contribution in [-0.2, 0) is 30.6 Å². The minimum atomic E-state index is -0.473. The minimum Gasteiger partial charge on any atom is -0.452 e. The SMILES string of the molecule is CCc1nc2ccc(C(=O)OCc3nnc(Cc4ccccc4)o3)cc2nc1CC. The lowest BCUT2D eigenvalue weighted by Gasteiger charge is -2.08. The first-order chi connectivity index (χ1) is 14.7. The van der Waals surface area contributed by atoms with Gasteiger partial charge in [0.1, 0.15) is 0 Å². The van der Waals surface area contributed by atoms with Gasteiger partial charge in [-0.05, 0) is 36.6 Å². The van der Waals surface area contributed by atoms with Crippen LogP contribution in [-0.4, -0.2) is 26.1 Å². The fourth-order valence-electron chi connectivity index (χ4n) is 3.22. The average molecular weight is 402 g/mol. The molecule has 0 fully saturated rings. The number of aryl methyl sites for hydroxylation is 2. The van der Waals surface area contributed by atoms with Gasteiger partial charge in [0.05, 0.1) is 34.4 Å². The van der Waals surface area contributed by atoms with Crippen molar-refractivity contribution in [2.75, 3.05) is 0 Å². The number of benzene rings is 2. The van der Waals surface area contributed by atoms with Crippen molar-refractivity contribution in [3.8, 4) is 0 Å². The largest absolute Gasteiger partial charge is 0.452 e. The highest BCUT2D eigenvalue weighted by atomic mass is 16.5. The van der Waals surface area contributed by atoms with E-state index in [1.165, 1.54) is 0 Å². The maximum absolute atomic E-state index is 12.5. The summed E-state index contributed by atoms with van der Waals surface area (Å²) in [7, 11) is 0. The molecule has 7 heteroatoms. The smallest absolute Gasteiger partial charge is 0.338 e. The van der Waals surface area contributed by atoms with Gasteiger partial charge in [0, 0.05) is 0 Å². The van der Waals surface area contributed by atoms with Gasteiger partial charge in [0.15, 0.2) is 6.61 Å². The van der Waals surface area contributed by atoms with Gasteiger partial charge in [-0.25, -0.2) is 14.8 Å². The maximum atomic E-state index is 12.5. The number of aromatic nitrogens is 4. The van der Waals surface area contributed by atoms with Gasteiger partial charge in [-0.3, -0.25) is 0 Å². The highest BCUT2D eigenvalue weighted by Gasteiger charge is 2.14. The molecule has 0 aliphatic heterocycles. The van der Waals surface area contributed by atoms with Gasteiger partial charge in [0.2, 0.25) is 5.89 Å². The van der Waals surface area contributed by atoms with Crippen molar-refractivity contribution in [1.82, 2.24) is 20.2 Å². The lowest BCUT2D eigenvalue weighted by atomic mass is 10.1. The Kier molecular flexibility index (Phi) is 5.79. The monoisotopic (exact) mass is 402 g/mol. The van der Waals surface area contributed by atoms with Gasteiger partial charge < -0.3 is 9.15 Å². The third-order valence-electron chi connectivity index (χ3n) is 4.76. The third kappa shape index (κ3) is 4.35. The molecular formula is C23H22N4O3. The molecule has 0 aliphatic rings. The van der Waals surface area contributed by atoms with E-state index in [1.54, 1.807) is 18.2 Å². The first-order valence-corrected chi connectivity index (χ1v) is 9.98. The summed E-state index contributed by atoms with van der Waals surface area (Å²) in [6.45, 7) is 4.02. The van der Waals surface area contributed by atoms with Crippen molar-refractivity contribution in [2.45, 2.75) is 39.7 Å². The summed E-state index contributed by atoms with van der Waals surface area (Å²) in [6, 6.07) is 15.0. The first-order valence-electron chi connectivity index (χ1n) is 9.98. The average Bonchev–Trinajstić information content (AvgIpc) is 3.23. The van der Waals surface area contributed by atoms with E-state index in [-0.39, 0.29) is 12.5 Å². The van der Waals surface area contributed by atoms with Crippen LogP contribution in [0.5, 0.6) is 0 Å². The molecule has 7 nitrogen and oxygen atoms in total. The summed E-state index contributed by atoms with van der Waals surface area (Å²) >= 11 is 0. The van der Waals surface area contributed by atoms with Crippen molar-refractivity contribution < 1.29 is 13.9 Å². The van der Waals surface area contributed by atoms with E-state index in [1.807, 2.05) is 37.3 Å². The zero-order valence-electron chi connectivity index (χ0n) is 17.0. The number of esters is 1. The second-order valence-corrected chi connectivity index (χ2v) is 6.86. The van der Waals surface area contributed by atoms with Crippen LogP contribution in [0.4, 0.5) is 0 Å². The van der Waals surface area contributed by atoms with Crippen LogP contribution in [0.3, 0.4) is 0 Å². The van der Waals surface area contributed by atoms with Crippen molar-refractivity contribution in [3.63, 3.8) is 0 Å². The number of ether oxygens (including phenoxy) is 1. The molecular weight excluding hydrogens is 380 g/mol. The van der Waals surface area contributed by atoms with Gasteiger partial charge in [0.25, 0.3) is 5.89 Å². The topological polar surface area (TPSA) is 91.0 Å². The molecule has 2 aromatic carbocycles. The van der Waals surface area contributed by atoms with Crippen LogP contribution >= 0.6 is 0 Å². The molecule has 2 aromatic heterocycles. The number of nitrogens with zero attached hydrogens (tertiary/aromatic N) is 4. The first kappa shape index (κ1) is 19.7. The van der Waals surface area contributed by atoms with Crippen molar-refractivity contribution >= 4 is 17.0 Å². The second-order valence-electron chi connectivity index (χ2n) is 6.86. The van der Waals surface area contributed by atoms with E-state index >= 15 is 0 Å². The summed E-state index contributed by atoms with van der Waals surface area (Å²) < 4.78 is 10.9. The Morgan fingerprint density at radius 1 is 0.900 bits per heavy atom. The molecule has 4 aromatic rings. The minimum absolute atomic E-state index is 0.0840. The zero-order chi connectivity index (χ0) is 20.9. The second kappa shape index (κ2) is 8.82. The molecule has 0 bridgehead atoms. The third-order valence-corrected chi connectivity index (χ3v) is 4.76. The summed E-state index contributed by atoms with van der Waals surface area (Å²) in [5.41, 5.74) is 4.87. The van der Waals surface area contributed by atoms with E-state index in [4.69, 9.17) is 9.15 Å². The van der Waals surface area contributed by atoms with E-state index in [0.717, 1.165) is 35.3 Å².